The van der Waals surface area contributed by atoms with Crippen LogP contribution in [0.2, 0.25) is 5.15 Å². The largest absolute Gasteiger partial charge is 0.444 e. The predicted molar refractivity (Wildman–Crippen MR) is 88.5 cm³/mol. The lowest BCUT2D eigenvalue weighted by atomic mass is 10.1. The number of piperidine rings is 1. The van der Waals surface area contributed by atoms with E-state index in [4.69, 9.17) is 16.3 Å². The van der Waals surface area contributed by atoms with E-state index in [0.717, 1.165) is 24.9 Å². The molecule has 1 aliphatic heterocycles. The van der Waals surface area contributed by atoms with Crippen molar-refractivity contribution >= 4 is 29.5 Å². The Kier molecular flexibility index (Phi) is 5.55. The van der Waals surface area contributed by atoms with Crippen molar-refractivity contribution in [3.05, 3.63) is 16.9 Å². The maximum Gasteiger partial charge on any atom is 0.410 e. The van der Waals surface area contributed by atoms with Gasteiger partial charge in [0.15, 0.2) is 5.16 Å². The Morgan fingerprint density at radius 3 is 2.86 bits per heavy atom. The highest BCUT2D eigenvalue weighted by Crippen LogP contribution is 2.29. The Bertz CT molecular complexity index is 548. The van der Waals surface area contributed by atoms with E-state index in [2.05, 4.69) is 9.97 Å². The number of rotatable bonds is 2. The average molecular weight is 344 g/mol. The Morgan fingerprint density at radius 2 is 2.23 bits per heavy atom. The van der Waals surface area contributed by atoms with Crippen LogP contribution in [0.25, 0.3) is 0 Å². The van der Waals surface area contributed by atoms with Crippen molar-refractivity contribution < 1.29 is 9.53 Å². The first-order valence-electron chi connectivity index (χ1n) is 7.38. The second-order valence-corrected chi connectivity index (χ2v) is 8.06. The van der Waals surface area contributed by atoms with Gasteiger partial charge in [-0.05, 0) is 40.5 Å². The van der Waals surface area contributed by atoms with Gasteiger partial charge in [0.05, 0.1) is 0 Å². The summed E-state index contributed by atoms with van der Waals surface area (Å²) in [5, 5.41) is 1.41. The summed E-state index contributed by atoms with van der Waals surface area (Å²) in [7, 11) is 0. The lowest BCUT2D eigenvalue weighted by Gasteiger charge is -2.33. The number of thioether (sulfide) groups is 1. The predicted octanol–water partition coefficient (Wildman–Crippen LogP) is 3.93. The summed E-state index contributed by atoms with van der Waals surface area (Å²) in [6.07, 6.45) is 3.46. The van der Waals surface area contributed by atoms with Crippen LogP contribution in [0.4, 0.5) is 4.79 Å². The molecule has 0 unspecified atom stereocenters. The normalized spacial score (nSPS) is 19.1. The summed E-state index contributed by atoms with van der Waals surface area (Å²) < 4.78 is 5.44. The maximum atomic E-state index is 12.2. The quantitative estimate of drug-likeness (QED) is 0.601. The zero-order valence-corrected chi connectivity index (χ0v) is 15.0. The average Bonchev–Trinajstić information content (AvgIpc) is 2.41. The van der Waals surface area contributed by atoms with E-state index >= 15 is 0 Å². The smallest absolute Gasteiger partial charge is 0.410 e. The summed E-state index contributed by atoms with van der Waals surface area (Å²) in [5.74, 6) is 0. The highest BCUT2D eigenvalue weighted by atomic mass is 35.5. The van der Waals surface area contributed by atoms with Gasteiger partial charge in [-0.2, -0.15) is 0 Å². The van der Waals surface area contributed by atoms with Gasteiger partial charge in [0.2, 0.25) is 0 Å². The molecule has 5 nitrogen and oxygen atoms in total. The Hall–Kier alpha value is -1.01. The Morgan fingerprint density at radius 1 is 1.50 bits per heavy atom. The van der Waals surface area contributed by atoms with Gasteiger partial charge >= 0.3 is 6.09 Å². The van der Waals surface area contributed by atoms with Crippen LogP contribution in [0.1, 0.15) is 39.2 Å². The number of ether oxygens (including phenoxy) is 1. The van der Waals surface area contributed by atoms with Crippen LogP contribution in [0.5, 0.6) is 0 Å². The first-order chi connectivity index (χ1) is 10.2. The molecule has 0 spiro atoms. The number of aryl methyl sites for hydroxylation is 1. The van der Waals surface area contributed by atoms with Crippen molar-refractivity contribution in [2.24, 2.45) is 0 Å². The zero-order chi connectivity index (χ0) is 16.3. The minimum atomic E-state index is -0.467. The van der Waals surface area contributed by atoms with Crippen molar-refractivity contribution in [2.45, 2.75) is 56.5 Å². The van der Waals surface area contributed by atoms with E-state index in [0.29, 0.717) is 16.9 Å². The van der Waals surface area contributed by atoms with Crippen LogP contribution in [-0.2, 0) is 4.74 Å². The minimum Gasteiger partial charge on any atom is -0.444 e. The fraction of sp³-hybridized carbons (Fsp3) is 0.667. The molecule has 1 atom stereocenters. The Balaban J connectivity index is 1.95. The summed E-state index contributed by atoms with van der Waals surface area (Å²) >= 11 is 7.60. The molecule has 1 saturated heterocycles. The van der Waals surface area contributed by atoms with Gasteiger partial charge in [-0.1, -0.05) is 23.4 Å². The monoisotopic (exact) mass is 343 g/mol. The summed E-state index contributed by atoms with van der Waals surface area (Å²) in [6, 6.07) is 0. The molecule has 1 aliphatic rings. The van der Waals surface area contributed by atoms with Crippen LogP contribution in [0, 0.1) is 6.92 Å². The summed E-state index contributed by atoms with van der Waals surface area (Å²) in [6.45, 7) is 8.90. The van der Waals surface area contributed by atoms with Crippen LogP contribution in [0.3, 0.4) is 0 Å². The molecule has 0 radical (unpaired) electrons. The number of carbonyl (C=O) groups is 1. The van der Waals surface area contributed by atoms with Gasteiger partial charge in [-0.3, -0.25) is 0 Å². The van der Waals surface area contributed by atoms with Crippen LogP contribution >= 0.6 is 23.4 Å². The van der Waals surface area contributed by atoms with E-state index < -0.39 is 5.60 Å². The van der Waals surface area contributed by atoms with E-state index in [9.17, 15) is 4.79 Å². The van der Waals surface area contributed by atoms with Crippen molar-refractivity contribution in [2.75, 3.05) is 13.1 Å². The van der Waals surface area contributed by atoms with Gasteiger partial charge < -0.3 is 9.64 Å². The minimum absolute atomic E-state index is 0.249. The fourth-order valence-corrected chi connectivity index (χ4v) is 3.41. The molecule has 2 rings (SSSR count). The first kappa shape index (κ1) is 17.3. The Labute approximate surface area is 140 Å². The summed E-state index contributed by atoms with van der Waals surface area (Å²) in [4.78, 5) is 22.5. The lowest BCUT2D eigenvalue weighted by Crippen LogP contribution is -2.43. The molecule has 22 heavy (non-hydrogen) atoms. The molecule has 7 heteroatoms. The molecule has 0 bridgehead atoms. The van der Waals surface area contributed by atoms with Gasteiger partial charge in [0.1, 0.15) is 10.8 Å². The van der Waals surface area contributed by atoms with Gasteiger partial charge in [-0.25, -0.2) is 14.8 Å². The van der Waals surface area contributed by atoms with Crippen molar-refractivity contribution in [3.63, 3.8) is 0 Å². The van der Waals surface area contributed by atoms with E-state index in [-0.39, 0.29) is 11.3 Å². The molecular weight excluding hydrogens is 322 g/mol. The van der Waals surface area contributed by atoms with Crippen LogP contribution < -0.4 is 0 Å². The third-order valence-electron chi connectivity index (χ3n) is 3.19. The standard InChI is InChI=1S/C15H22ClN3O2S/c1-10-8-17-13(18-12(10)16)22-11-6-5-7-19(9-11)14(20)21-15(2,3)4/h8,11H,5-7,9H2,1-4H3/t11-/m1/s1. The zero-order valence-electron chi connectivity index (χ0n) is 13.4. The van der Waals surface area contributed by atoms with Crippen molar-refractivity contribution in [1.29, 1.82) is 0 Å². The second-order valence-electron chi connectivity index (χ2n) is 6.43. The van der Waals surface area contributed by atoms with Crippen LogP contribution in [0.15, 0.2) is 11.4 Å². The van der Waals surface area contributed by atoms with E-state index in [1.165, 1.54) is 0 Å². The SMILES string of the molecule is Cc1cnc(S[C@@H]2CCCN(C(=O)OC(C)(C)C)C2)nc1Cl. The van der Waals surface area contributed by atoms with E-state index in [1.54, 1.807) is 22.9 Å². The number of nitrogens with zero attached hydrogens (tertiary/aromatic N) is 3. The van der Waals surface area contributed by atoms with Crippen molar-refractivity contribution in [1.82, 2.24) is 14.9 Å². The second kappa shape index (κ2) is 7.04. The van der Waals surface area contributed by atoms with Crippen LogP contribution in [-0.4, -0.2) is 44.9 Å². The number of carbonyl (C=O) groups excluding carboxylic acids is 1. The van der Waals surface area contributed by atoms with Gasteiger partial charge in [0, 0.05) is 30.1 Å². The third-order valence-corrected chi connectivity index (χ3v) is 4.70. The number of amides is 1. The molecule has 0 saturated carbocycles. The molecule has 0 aliphatic carbocycles. The molecular formula is C15H22ClN3O2S. The highest BCUT2D eigenvalue weighted by Gasteiger charge is 2.28. The fourth-order valence-electron chi connectivity index (χ4n) is 2.14. The number of aromatic nitrogens is 2. The van der Waals surface area contributed by atoms with Gasteiger partial charge in [-0.15, -0.1) is 0 Å². The van der Waals surface area contributed by atoms with Gasteiger partial charge in [0.25, 0.3) is 0 Å². The molecule has 1 aromatic rings. The lowest BCUT2D eigenvalue weighted by molar-refractivity contribution is 0.0220. The first-order valence-corrected chi connectivity index (χ1v) is 8.64. The third kappa shape index (κ3) is 5.02. The number of halogens is 1. The molecule has 1 fully saturated rings. The molecule has 1 aromatic heterocycles. The number of hydrogen-bond acceptors (Lipinski definition) is 5. The highest BCUT2D eigenvalue weighted by molar-refractivity contribution is 7.99. The van der Waals surface area contributed by atoms with E-state index in [1.807, 2.05) is 27.7 Å². The topological polar surface area (TPSA) is 55.3 Å². The molecule has 0 aromatic carbocycles. The number of hydrogen-bond donors (Lipinski definition) is 0. The molecule has 122 valence electrons. The summed E-state index contributed by atoms with van der Waals surface area (Å²) in [5.41, 5.74) is 0.398. The molecule has 1 amide bonds. The maximum absolute atomic E-state index is 12.2. The molecule has 2 heterocycles. The molecule has 0 N–H and O–H groups in total. The number of likely N-dealkylation sites (tertiary alicyclic amines) is 1. The van der Waals surface area contributed by atoms with Crippen molar-refractivity contribution in [3.8, 4) is 0 Å².